The van der Waals surface area contributed by atoms with Gasteiger partial charge in [-0.2, -0.15) is 0 Å². The lowest BCUT2D eigenvalue weighted by atomic mass is 10.2. The van der Waals surface area contributed by atoms with Crippen molar-refractivity contribution >= 4 is 39.3 Å². The Kier molecular flexibility index (Phi) is 5.69. The van der Waals surface area contributed by atoms with Crippen LogP contribution in [0.5, 0.6) is 5.75 Å². The molecular weight excluding hydrogens is 370 g/mol. The Morgan fingerprint density at radius 1 is 1.32 bits per heavy atom. The van der Waals surface area contributed by atoms with E-state index in [0.29, 0.717) is 16.5 Å². The maximum absolute atomic E-state index is 11.4. The first-order chi connectivity index (χ1) is 10.5. The molecule has 2 aromatic carbocycles. The third kappa shape index (κ3) is 4.15. The Balaban J connectivity index is 2.19. The summed E-state index contributed by atoms with van der Waals surface area (Å²) in [5.41, 5.74) is 2.47. The van der Waals surface area contributed by atoms with E-state index in [-0.39, 0.29) is 6.61 Å². The van der Waals surface area contributed by atoms with Gasteiger partial charge in [0.1, 0.15) is 12.4 Å². The summed E-state index contributed by atoms with van der Waals surface area (Å²) in [5, 5.41) is 3.21. The number of benzene rings is 2. The number of amides is 1. The standard InChI is InChI=1S/C16H15BrClNO3/c1-10-6-7-15(13(18)8-10)22-9-11-12(17)4-3-5-14(11)19-16(20)21-2/h3-8H,9H2,1-2H3,(H,19,20). The molecule has 0 heterocycles. The van der Waals surface area contributed by atoms with Crippen molar-refractivity contribution in [1.82, 2.24) is 0 Å². The number of methoxy groups -OCH3 is 1. The van der Waals surface area contributed by atoms with Crippen molar-refractivity contribution in [2.24, 2.45) is 0 Å². The monoisotopic (exact) mass is 383 g/mol. The van der Waals surface area contributed by atoms with Crippen LogP contribution in [0.2, 0.25) is 5.02 Å². The van der Waals surface area contributed by atoms with Gasteiger partial charge in [0.25, 0.3) is 0 Å². The average Bonchev–Trinajstić information content (AvgIpc) is 2.48. The summed E-state index contributed by atoms with van der Waals surface area (Å²) < 4.78 is 11.2. The highest BCUT2D eigenvalue weighted by molar-refractivity contribution is 9.10. The van der Waals surface area contributed by atoms with E-state index in [2.05, 4.69) is 26.0 Å². The molecule has 0 spiro atoms. The van der Waals surface area contributed by atoms with Crippen molar-refractivity contribution in [3.63, 3.8) is 0 Å². The van der Waals surface area contributed by atoms with Gasteiger partial charge in [-0.1, -0.05) is 39.7 Å². The zero-order valence-corrected chi connectivity index (χ0v) is 14.5. The lowest BCUT2D eigenvalue weighted by molar-refractivity contribution is 0.187. The van der Waals surface area contributed by atoms with E-state index >= 15 is 0 Å². The molecule has 0 aliphatic carbocycles. The summed E-state index contributed by atoms with van der Waals surface area (Å²) >= 11 is 9.61. The molecule has 6 heteroatoms. The molecule has 0 aliphatic heterocycles. The molecule has 0 saturated heterocycles. The van der Waals surface area contributed by atoms with Crippen LogP contribution in [0.15, 0.2) is 40.9 Å². The normalized spacial score (nSPS) is 10.2. The average molecular weight is 385 g/mol. The van der Waals surface area contributed by atoms with Crippen LogP contribution in [0.3, 0.4) is 0 Å². The number of anilines is 1. The molecule has 0 radical (unpaired) electrons. The number of hydrogen-bond donors (Lipinski definition) is 1. The van der Waals surface area contributed by atoms with Gasteiger partial charge in [-0.3, -0.25) is 5.32 Å². The minimum Gasteiger partial charge on any atom is -0.487 e. The molecule has 0 unspecified atom stereocenters. The van der Waals surface area contributed by atoms with Gasteiger partial charge in [0, 0.05) is 10.0 Å². The maximum Gasteiger partial charge on any atom is 0.411 e. The zero-order valence-electron chi connectivity index (χ0n) is 12.2. The van der Waals surface area contributed by atoms with Gasteiger partial charge in [-0.15, -0.1) is 0 Å². The number of nitrogens with one attached hydrogen (secondary N) is 1. The molecule has 1 N–H and O–H groups in total. The van der Waals surface area contributed by atoms with Gasteiger partial charge in [-0.25, -0.2) is 4.79 Å². The molecule has 0 aromatic heterocycles. The summed E-state index contributed by atoms with van der Waals surface area (Å²) in [5.74, 6) is 0.590. The molecule has 0 aliphatic rings. The van der Waals surface area contributed by atoms with Gasteiger partial charge in [0.2, 0.25) is 0 Å². The maximum atomic E-state index is 11.4. The number of ether oxygens (including phenoxy) is 2. The molecule has 4 nitrogen and oxygen atoms in total. The summed E-state index contributed by atoms with van der Waals surface area (Å²) in [6.45, 7) is 2.21. The van der Waals surface area contributed by atoms with Crippen LogP contribution in [0.4, 0.5) is 10.5 Å². The second-order valence-corrected chi connectivity index (χ2v) is 5.87. The van der Waals surface area contributed by atoms with E-state index in [1.807, 2.05) is 37.3 Å². The number of aryl methyl sites for hydroxylation is 1. The van der Waals surface area contributed by atoms with E-state index < -0.39 is 6.09 Å². The van der Waals surface area contributed by atoms with Gasteiger partial charge >= 0.3 is 6.09 Å². The second-order valence-electron chi connectivity index (χ2n) is 4.61. The van der Waals surface area contributed by atoms with Crippen LogP contribution in [-0.2, 0) is 11.3 Å². The Hall–Kier alpha value is -1.72. The first-order valence-electron chi connectivity index (χ1n) is 6.52. The highest BCUT2D eigenvalue weighted by Gasteiger charge is 2.11. The van der Waals surface area contributed by atoms with Gasteiger partial charge in [-0.05, 0) is 36.8 Å². The van der Waals surface area contributed by atoms with Crippen molar-refractivity contribution in [3.8, 4) is 5.75 Å². The van der Waals surface area contributed by atoms with Crippen molar-refractivity contribution in [3.05, 3.63) is 57.0 Å². The van der Waals surface area contributed by atoms with E-state index in [4.69, 9.17) is 16.3 Å². The van der Waals surface area contributed by atoms with Crippen LogP contribution < -0.4 is 10.1 Å². The summed E-state index contributed by atoms with van der Waals surface area (Å²) in [4.78, 5) is 11.4. The summed E-state index contributed by atoms with van der Waals surface area (Å²) in [6, 6.07) is 11.0. The number of rotatable bonds is 4. The molecule has 0 atom stereocenters. The first kappa shape index (κ1) is 16.6. The van der Waals surface area contributed by atoms with Crippen LogP contribution in [0, 0.1) is 6.92 Å². The summed E-state index contributed by atoms with van der Waals surface area (Å²) in [6.07, 6.45) is -0.535. The number of carbonyl (C=O) groups excluding carboxylic acids is 1. The van der Waals surface area contributed by atoms with Crippen LogP contribution >= 0.6 is 27.5 Å². The Labute approximate surface area is 142 Å². The second kappa shape index (κ2) is 7.51. The SMILES string of the molecule is COC(=O)Nc1cccc(Br)c1COc1ccc(C)cc1Cl. The van der Waals surface area contributed by atoms with Crippen LogP contribution in [-0.4, -0.2) is 13.2 Å². The highest BCUT2D eigenvalue weighted by Crippen LogP contribution is 2.30. The molecular formula is C16H15BrClNO3. The number of hydrogen-bond acceptors (Lipinski definition) is 3. The third-order valence-electron chi connectivity index (χ3n) is 3.00. The van der Waals surface area contributed by atoms with Crippen LogP contribution in [0.1, 0.15) is 11.1 Å². The Morgan fingerprint density at radius 3 is 2.77 bits per heavy atom. The molecule has 2 aromatic rings. The fourth-order valence-corrected chi connectivity index (χ4v) is 2.63. The van der Waals surface area contributed by atoms with Crippen molar-refractivity contribution in [2.45, 2.75) is 13.5 Å². The largest absolute Gasteiger partial charge is 0.487 e. The lowest BCUT2D eigenvalue weighted by Crippen LogP contribution is -2.13. The molecule has 116 valence electrons. The van der Waals surface area contributed by atoms with Gasteiger partial charge < -0.3 is 9.47 Å². The molecule has 1 amide bonds. The molecule has 0 fully saturated rings. The molecule has 0 bridgehead atoms. The van der Waals surface area contributed by atoms with Crippen LogP contribution in [0.25, 0.3) is 0 Å². The molecule has 22 heavy (non-hydrogen) atoms. The quantitative estimate of drug-likeness (QED) is 0.791. The van der Waals surface area contributed by atoms with Crippen molar-refractivity contribution in [2.75, 3.05) is 12.4 Å². The fraction of sp³-hybridized carbons (Fsp3) is 0.188. The minimum absolute atomic E-state index is 0.254. The summed E-state index contributed by atoms with van der Waals surface area (Å²) in [7, 11) is 1.32. The highest BCUT2D eigenvalue weighted by atomic mass is 79.9. The minimum atomic E-state index is -0.535. The number of halogens is 2. The predicted octanol–water partition coefficient (Wildman–Crippen LogP) is 5.17. The Morgan fingerprint density at radius 2 is 2.09 bits per heavy atom. The zero-order chi connectivity index (χ0) is 16.1. The van der Waals surface area contributed by atoms with Crippen molar-refractivity contribution in [1.29, 1.82) is 0 Å². The van der Waals surface area contributed by atoms with E-state index in [1.54, 1.807) is 6.07 Å². The first-order valence-corrected chi connectivity index (χ1v) is 7.69. The molecule has 2 rings (SSSR count). The van der Waals surface area contributed by atoms with E-state index in [9.17, 15) is 4.79 Å². The van der Waals surface area contributed by atoms with Gasteiger partial charge in [0.05, 0.1) is 17.8 Å². The van der Waals surface area contributed by atoms with Crippen molar-refractivity contribution < 1.29 is 14.3 Å². The van der Waals surface area contributed by atoms with E-state index in [1.165, 1.54) is 7.11 Å². The van der Waals surface area contributed by atoms with Gasteiger partial charge in [0.15, 0.2) is 0 Å². The lowest BCUT2D eigenvalue weighted by Gasteiger charge is -2.14. The van der Waals surface area contributed by atoms with E-state index in [0.717, 1.165) is 15.6 Å². The smallest absolute Gasteiger partial charge is 0.411 e. The predicted molar refractivity (Wildman–Crippen MR) is 90.7 cm³/mol. The third-order valence-corrected chi connectivity index (χ3v) is 4.04. The number of carbonyl (C=O) groups is 1. The fourth-order valence-electron chi connectivity index (χ4n) is 1.86. The Bertz CT molecular complexity index is 691. The topological polar surface area (TPSA) is 47.6 Å². The molecule has 0 saturated carbocycles.